The molecule has 0 saturated heterocycles. The van der Waals surface area contributed by atoms with Gasteiger partial charge in [-0.15, -0.1) is 0 Å². The van der Waals surface area contributed by atoms with Crippen LogP contribution < -0.4 is 0 Å². The molecule has 0 aliphatic rings. The zero-order valence-electron chi connectivity index (χ0n) is 64.4. The van der Waals surface area contributed by atoms with E-state index in [0.29, 0.717) is 38.5 Å². The minimum absolute atomic E-state index is 0.0593. The van der Waals surface area contributed by atoms with Gasteiger partial charge < -0.3 is 33.8 Å². The van der Waals surface area contributed by atoms with Gasteiger partial charge in [-0.25, -0.2) is 9.13 Å². The summed E-state index contributed by atoms with van der Waals surface area (Å²) in [6.07, 6.45) is 89.2. The van der Waals surface area contributed by atoms with Crippen LogP contribution in [0.1, 0.15) is 285 Å². The number of ether oxygens (including phenoxy) is 4. The Morgan fingerprint density at radius 1 is 0.279 bits per heavy atom. The molecule has 4 atom stereocenters. The van der Waals surface area contributed by atoms with E-state index in [1.807, 2.05) is 24.3 Å². The van der Waals surface area contributed by atoms with E-state index in [1.165, 1.54) is 38.5 Å². The third kappa shape index (κ3) is 74.7. The number of aliphatic hydroxyl groups is 1. The molecule has 0 fully saturated rings. The van der Waals surface area contributed by atoms with Gasteiger partial charge >= 0.3 is 39.5 Å². The summed E-state index contributed by atoms with van der Waals surface area (Å²) in [5.41, 5.74) is 0. The number of aliphatic hydroxyl groups excluding tert-OH is 1. The van der Waals surface area contributed by atoms with Gasteiger partial charge in [0.2, 0.25) is 0 Å². The lowest BCUT2D eigenvalue weighted by molar-refractivity contribution is -0.161. The SMILES string of the molecule is CC/C=C\C/C=C\C/C=C\C/C=C\C/C=C\CCCC(=O)OCC(COP(=O)(O)OCC(O)COP(=O)(O)OCC(COC(=O)CCC/C=C\C/C=C\C/C=C\C/C=C\C/C=C\CC)OC(=O)CCCCCCC/C=C\C/C=C\CCCCC)OC(=O)CCCCCCC/C=C\C/C=C\CCCCC. The van der Waals surface area contributed by atoms with Gasteiger partial charge in [-0.05, 0) is 167 Å². The minimum Gasteiger partial charge on any atom is -0.462 e. The Balaban J connectivity index is 5.50. The van der Waals surface area contributed by atoms with Gasteiger partial charge in [0.25, 0.3) is 0 Å². The number of carbonyl (C=O) groups excluding carboxylic acids is 4. The van der Waals surface area contributed by atoms with Crippen LogP contribution in [0, 0.1) is 0 Å². The van der Waals surface area contributed by atoms with E-state index in [4.69, 9.17) is 37.0 Å². The van der Waals surface area contributed by atoms with Crippen LogP contribution in [0.15, 0.2) is 170 Å². The van der Waals surface area contributed by atoms with Gasteiger partial charge in [-0.1, -0.05) is 262 Å². The molecular formula is C85H138O17P2. The average molecular weight is 1490 g/mol. The Kier molecular flexibility index (Phi) is 71.6. The second-order valence-corrected chi connectivity index (χ2v) is 28.4. The number of rotatable bonds is 72. The number of carbonyl (C=O) groups is 4. The highest BCUT2D eigenvalue weighted by molar-refractivity contribution is 7.47. The van der Waals surface area contributed by atoms with E-state index in [0.717, 1.165) is 154 Å². The first-order valence-corrected chi connectivity index (χ1v) is 42.4. The second kappa shape index (κ2) is 75.6. The van der Waals surface area contributed by atoms with Crippen molar-refractivity contribution in [1.29, 1.82) is 0 Å². The van der Waals surface area contributed by atoms with Crippen molar-refractivity contribution < 1.29 is 80.2 Å². The number of esters is 4. The van der Waals surface area contributed by atoms with Crippen LogP contribution in [0.4, 0.5) is 0 Å². The number of phosphoric acid groups is 2. The number of hydrogen-bond donors (Lipinski definition) is 3. The third-order valence-corrected chi connectivity index (χ3v) is 17.5. The van der Waals surface area contributed by atoms with Crippen molar-refractivity contribution in [3.05, 3.63) is 170 Å². The van der Waals surface area contributed by atoms with Gasteiger partial charge in [-0.2, -0.15) is 0 Å². The summed E-state index contributed by atoms with van der Waals surface area (Å²) in [6, 6.07) is 0. The maximum atomic E-state index is 13.1. The van der Waals surface area contributed by atoms with E-state index >= 15 is 0 Å². The van der Waals surface area contributed by atoms with Gasteiger partial charge in [-0.3, -0.25) is 37.3 Å². The molecule has 0 amide bonds. The fourth-order valence-corrected chi connectivity index (χ4v) is 11.3. The monoisotopic (exact) mass is 1490 g/mol. The van der Waals surface area contributed by atoms with Crippen LogP contribution in [0.25, 0.3) is 0 Å². The molecular weight excluding hydrogens is 1350 g/mol. The third-order valence-electron chi connectivity index (χ3n) is 15.6. The molecule has 4 unspecified atom stereocenters. The van der Waals surface area contributed by atoms with Crippen LogP contribution in [0.2, 0.25) is 0 Å². The summed E-state index contributed by atoms with van der Waals surface area (Å²) < 4.78 is 68.4. The van der Waals surface area contributed by atoms with Crippen LogP contribution >= 0.6 is 15.6 Å². The van der Waals surface area contributed by atoms with Crippen LogP contribution in [-0.4, -0.2) is 96.7 Å². The highest BCUT2D eigenvalue weighted by atomic mass is 31.2. The standard InChI is InChI=1S/C85H138O17P2/c1-5-9-13-17-21-25-29-33-37-39-43-45-49-53-57-61-65-69-82(87)95-75-80(101-84(89)71-67-63-59-55-51-47-41-35-31-27-23-19-15-11-7-3)77-99-103(91,92)97-73-79(86)74-98-104(93,94)100-78-81(102-85(90)72-68-64-60-56-52-48-42-36-32-28-24-20-16-12-8-4)76-96-83(88)70-66-62-58-54-50-46-44-40-38-34-30-26-22-18-14-10-6-2/h9-10,13-14,21-28,33-38,41-46,53-54,57-58,79-81,86H,5-8,11-12,15-20,29-32,39-40,47-52,55-56,59-78H2,1-4H3,(H,91,92)(H,93,94)/b13-9-,14-10-,25-21-,26-22-,27-23-,28-24-,37-33-,38-34-,41-35-,42-36-,45-43-,46-44-,57-53-,58-54-. The molecule has 0 rings (SSSR count). The lowest BCUT2D eigenvalue weighted by atomic mass is 10.1. The Morgan fingerprint density at radius 3 is 0.798 bits per heavy atom. The quantitative estimate of drug-likeness (QED) is 0.0169. The summed E-state index contributed by atoms with van der Waals surface area (Å²) in [5, 5.41) is 10.6. The van der Waals surface area contributed by atoms with Crippen molar-refractivity contribution in [2.24, 2.45) is 0 Å². The van der Waals surface area contributed by atoms with Crippen LogP contribution in [0.3, 0.4) is 0 Å². The highest BCUT2D eigenvalue weighted by Crippen LogP contribution is 2.45. The zero-order valence-corrected chi connectivity index (χ0v) is 66.2. The fourth-order valence-electron chi connectivity index (χ4n) is 9.70. The molecule has 3 N–H and O–H groups in total. The smallest absolute Gasteiger partial charge is 0.462 e. The molecule has 0 aliphatic carbocycles. The van der Waals surface area contributed by atoms with Gasteiger partial charge in [0, 0.05) is 25.7 Å². The van der Waals surface area contributed by atoms with E-state index in [1.54, 1.807) is 0 Å². The first kappa shape index (κ1) is 98.4. The molecule has 0 aromatic carbocycles. The van der Waals surface area contributed by atoms with E-state index in [2.05, 4.69) is 174 Å². The van der Waals surface area contributed by atoms with Crippen LogP contribution in [0.5, 0.6) is 0 Å². The number of hydrogen-bond acceptors (Lipinski definition) is 15. The summed E-state index contributed by atoms with van der Waals surface area (Å²) in [6.45, 7) is 4.41. The summed E-state index contributed by atoms with van der Waals surface area (Å²) >= 11 is 0. The lowest BCUT2D eigenvalue weighted by Crippen LogP contribution is -2.30. The van der Waals surface area contributed by atoms with Crippen molar-refractivity contribution >= 4 is 39.5 Å². The highest BCUT2D eigenvalue weighted by Gasteiger charge is 2.30. The van der Waals surface area contributed by atoms with Crippen molar-refractivity contribution in [2.45, 2.75) is 303 Å². The zero-order chi connectivity index (χ0) is 76.0. The first-order chi connectivity index (χ1) is 50.7. The minimum atomic E-state index is -5.00. The van der Waals surface area contributed by atoms with Crippen molar-refractivity contribution in [3.8, 4) is 0 Å². The van der Waals surface area contributed by atoms with E-state index < -0.39 is 97.5 Å². The maximum Gasteiger partial charge on any atom is 0.472 e. The Labute approximate surface area is 629 Å². The number of phosphoric ester groups is 2. The maximum absolute atomic E-state index is 13.1. The molecule has 17 nitrogen and oxygen atoms in total. The predicted molar refractivity (Wildman–Crippen MR) is 426 cm³/mol. The lowest BCUT2D eigenvalue weighted by Gasteiger charge is -2.21. The Bertz CT molecular complexity index is 2460. The topological polar surface area (TPSA) is 237 Å². The first-order valence-electron chi connectivity index (χ1n) is 39.4. The molecule has 590 valence electrons. The Hall–Kier alpha value is -5.58. The molecule has 0 aliphatic heterocycles. The summed E-state index contributed by atoms with van der Waals surface area (Å²) in [7, 11) is -10.0. The summed E-state index contributed by atoms with van der Waals surface area (Å²) in [4.78, 5) is 73.0. The van der Waals surface area contributed by atoms with Crippen LogP contribution in [-0.2, 0) is 65.4 Å². The van der Waals surface area contributed by atoms with Crippen molar-refractivity contribution in [2.75, 3.05) is 39.6 Å². The fraction of sp³-hybridized carbons (Fsp3) is 0.624. The molecule has 0 saturated carbocycles. The Morgan fingerprint density at radius 2 is 0.510 bits per heavy atom. The molecule has 0 bridgehead atoms. The molecule has 0 radical (unpaired) electrons. The van der Waals surface area contributed by atoms with Crippen molar-refractivity contribution in [1.82, 2.24) is 0 Å². The molecule has 0 heterocycles. The van der Waals surface area contributed by atoms with Gasteiger partial charge in [0.15, 0.2) is 12.2 Å². The predicted octanol–water partition coefficient (Wildman–Crippen LogP) is 23.0. The van der Waals surface area contributed by atoms with Gasteiger partial charge in [0.05, 0.1) is 26.4 Å². The van der Waals surface area contributed by atoms with Crippen molar-refractivity contribution in [3.63, 3.8) is 0 Å². The van der Waals surface area contributed by atoms with Gasteiger partial charge in [0.1, 0.15) is 19.3 Å². The second-order valence-electron chi connectivity index (χ2n) is 25.5. The number of unbranched alkanes of at least 4 members (excludes halogenated alkanes) is 18. The van der Waals surface area contributed by atoms with E-state index in [9.17, 15) is 43.2 Å². The largest absolute Gasteiger partial charge is 0.472 e. The molecule has 19 heteroatoms. The summed E-state index contributed by atoms with van der Waals surface area (Å²) in [5.74, 6) is -2.35. The molecule has 0 spiro atoms. The molecule has 0 aromatic heterocycles. The molecule has 104 heavy (non-hydrogen) atoms. The molecule has 0 aromatic rings. The van der Waals surface area contributed by atoms with E-state index in [-0.39, 0.29) is 25.7 Å². The number of allylic oxidation sites excluding steroid dienone is 28. The average Bonchev–Trinajstić information content (AvgIpc) is 0.937. The normalized spacial score (nSPS) is 14.8.